The second kappa shape index (κ2) is 5.44. The molecule has 20 heavy (non-hydrogen) atoms. The van der Waals surface area contributed by atoms with Gasteiger partial charge in [0.15, 0.2) is 11.5 Å². The summed E-state index contributed by atoms with van der Waals surface area (Å²) in [5.41, 5.74) is 1.19. The largest absolute Gasteiger partial charge is 0.480 e. The quantitative estimate of drug-likeness (QED) is 0.786. The fourth-order valence-electron chi connectivity index (χ4n) is 2.87. The highest BCUT2D eigenvalue weighted by atomic mass is 16.4. The van der Waals surface area contributed by atoms with E-state index in [-0.39, 0.29) is 5.92 Å². The molecule has 1 aliphatic rings. The molecule has 1 atom stereocenters. The second-order valence-electron chi connectivity index (χ2n) is 5.18. The minimum Gasteiger partial charge on any atom is -0.480 e. The topological polar surface area (TPSA) is 104 Å². The predicted molar refractivity (Wildman–Crippen MR) is 73.3 cm³/mol. The Morgan fingerprint density at radius 1 is 1.30 bits per heavy atom. The van der Waals surface area contributed by atoms with Gasteiger partial charge >= 0.3 is 5.97 Å². The van der Waals surface area contributed by atoms with Crippen molar-refractivity contribution < 1.29 is 9.90 Å². The molecule has 0 spiro atoms. The van der Waals surface area contributed by atoms with Gasteiger partial charge in [0.25, 0.3) is 0 Å². The molecule has 0 saturated heterocycles. The molecular formula is C13H17N5O2. The summed E-state index contributed by atoms with van der Waals surface area (Å²) in [6, 6.07) is -0.614. The predicted octanol–water partition coefficient (Wildman–Crippen LogP) is 1.80. The number of H-pyrrole nitrogens is 1. The highest BCUT2D eigenvalue weighted by Gasteiger charge is 2.30. The lowest BCUT2D eigenvalue weighted by Crippen LogP contribution is -2.38. The van der Waals surface area contributed by atoms with Crippen LogP contribution in [0.2, 0.25) is 0 Å². The van der Waals surface area contributed by atoms with Crippen LogP contribution in [0.15, 0.2) is 12.7 Å². The third kappa shape index (κ3) is 2.43. The van der Waals surface area contributed by atoms with Gasteiger partial charge in [0.05, 0.1) is 6.33 Å². The molecular weight excluding hydrogens is 258 g/mol. The van der Waals surface area contributed by atoms with Crippen molar-refractivity contribution in [2.45, 2.75) is 38.1 Å². The molecule has 0 amide bonds. The fraction of sp³-hybridized carbons (Fsp3) is 0.538. The number of hydrogen-bond acceptors (Lipinski definition) is 5. The van der Waals surface area contributed by atoms with Crippen molar-refractivity contribution in [3.05, 3.63) is 12.7 Å². The molecule has 7 nitrogen and oxygen atoms in total. The van der Waals surface area contributed by atoms with Gasteiger partial charge < -0.3 is 15.4 Å². The van der Waals surface area contributed by atoms with Gasteiger partial charge in [-0.3, -0.25) is 0 Å². The van der Waals surface area contributed by atoms with E-state index < -0.39 is 12.0 Å². The van der Waals surface area contributed by atoms with Crippen LogP contribution < -0.4 is 5.32 Å². The van der Waals surface area contributed by atoms with Crippen LogP contribution in [0.5, 0.6) is 0 Å². The molecule has 0 radical (unpaired) electrons. The van der Waals surface area contributed by atoms with E-state index in [1.807, 2.05) is 0 Å². The summed E-state index contributed by atoms with van der Waals surface area (Å²) in [7, 11) is 0. The van der Waals surface area contributed by atoms with Gasteiger partial charge in [-0.2, -0.15) is 0 Å². The van der Waals surface area contributed by atoms with E-state index in [4.69, 9.17) is 0 Å². The van der Waals surface area contributed by atoms with Gasteiger partial charge in [0, 0.05) is 0 Å². The lowest BCUT2D eigenvalue weighted by atomic mass is 9.84. The fourth-order valence-corrected chi connectivity index (χ4v) is 2.87. The number of carboxylic acids is 1. The number of nitrogens with zero attached hydrogens (tertiary/aromatic N) is 3. The van der Waals surface area contributed by atoms with Gasteiger partial charge in [-0.25, -0.2) is 19.7 Å². The summed E-state index contributed by atoms with van der Waals surface area (Å²) >= 11 is 0. The molecule has 2 aromatic heterocycles. The molecule has 106 valence electrons. The molecule has 0 aromatic carbocycles. The van der Waals surface area contributed by atoms with Crippen molar-refractivity contribution in [1.29, 1.82) is 0 Å². The Labute approximate surface area is 115 Å². The molecule has 7 heteroatoms. The van der Waals surface area contributed by atoms with E-state index in [1.165, 1.54) is 19.1 Å². The van der Waals surface area contributed by atoms with Crippen LogP contribution in [-0.4, -0.2) is 37.1 Å². The van der Waals surface area contributed by atoms with Gasteiger partial charge in [-0.05, 0) is 18.8 Å². The lowest BCUT2D eigenvalue weighted by Gasteiger charge is -2.28. The molecule has 1 fully saturated rings. The minimum absolute atomic E-state index is 0.147. The van der Waals surface area contributed by atoms with Crippen LogP contribution >= 0.6 is 0 Å². The molecule has 2 aromatic rings. The van der Waals surface area contributed by atoms with Crippen LogP contribution in [-0.2, 0) is 4.79 Å². The number of carboxylic acid groups (broad SMARTS) is 1. The third-order valence-electron chi connectivity index (χ3n) is 3.90. The zero-order chi connectivity index (χ0) is 13.9. The van der Waals surface area contributed by atoms with Crippen LogP contribution in [0.3, 0.4) is 0 Å². The first-order chi connectivity index (χ1) is 9.75. The number of fused-ring (bicyclic) bond motifs is 1. The van der Waals surface area contributed by atoms with Crippen molar-refractivity contribution in [1.82, 2.24) is 19.9 Å². The lowest BCUT2D eigenvalue weighted by molar-refractivity contribution is -0.139. The monoisotopic (exact) mass is 275 g/mol. The highest BCUT2D eigenvalue weighted by molar-refractivity contribution is 5.85. The minimum atomic E-state index is -0.830. The van der Waals surface area contributed by atoms with Gasteiger partial charge in [0.2, 0.25) is 0 Å². The first kappa shape index (κ1) is 12.8. The zero-order valence-electron chi connectivity index (χ0n) is 11.0. The smallest absolute Gasteiger partial charge is 0.326 e. The SMILES string of the molecule is O=C(O)C(Nc1ncnc2nc[nH]c12)C1CCCCC1. The van der Waals surface area contributed by atoms with Gasteiger partial charge in [-0.15, -0.1) is 0 Å². The number of aromatic amines is 1. The zero-order valence-corrected chi connectivity index (χ0v) is 11.0. The van der Waals surface area contributed by atoms with Crippen molar-refractivity contribution in [3.63, 3.8) is 0 Å². The highest BCUT2D eigenvalue weighted by Crippen LogP contribution is 2.29. The summed E-state index contributed by atoms with van der Waals surface area (Å²) in [6.07, 6.45) is 8.20. The Morgan fingerprint density at radius 3 is 2.85 bits per heavy atom. The van der Waals surface area contributed by atoms with Crippen molar-refractivity contribution in [3.8, 4) is 0 Å². The Morgan fingerprint density at radius 2 is 2.10 bits per heavy atom. The number of aromatic nitrogens is 4. The normalized spacial score (nSPS) is 18.0. The third-order valence-corrected chi connectivity index (χ3v) is 3.90. The van der Waals surface area contributed by atoms with E-state index in [2.05, 4.69) is 25.3 Å². The number of rotatable bonds is 4. The maximum Gasteiger partial charge on any atom is 0.326 e. The van der Waals surface area contributed by atoms with Crippen LogP contribution in [0.1, 0.15) is 32.1 Å². The maximum absolute atomic E-state index is 11.5. The Kier molecular flexibility index (Phi) is 3.49. The maximum atomic E-state index is 11.5. The van der Waals surface area contributed by atoms with Crippen LogP contribution in [0, 0.1) is 5.92 Å². The molecule has 3 rings (SSSR count). The first-order valence-electron chi connectivity index (χ1n) is 6.89. The first-order valence-corrected chi connectivity index (χ1v) is 6.89. The summed E-state index contributed by atoms with van der Waals surface area (Å²) in [4.78, 5) is 26.7. The summed E-state index contributed by atoms with van der Waals surface area (Å²) in [5, 5.41) is 12.5. The van der Waals surface area contributed by atoms with Crippen molar-refractivity contribution in [2.75, 3.05) is 5.32 Å². The van der Waals surface area contributed by atoms with Crippen molar-refractivity contribution in [2.24, 2.45) is 5.92 Å². The summed E-state index contributed by atoms with van der Waals surface area (Å²) in [6.45, 7) is 0. The number of imidazole rings is 1. The molecule has 0 aliphatic heterocycles. The summed E-state index contributed by atoms with van der Waals surface area (Å²) in [5.74, 6) is -0.178. The molecule has 1 aliphatic carbocycles. The number of hydrogen-bond donors (Lipinski definition) is 3. The molecule has 3 N–H and O–H groups in total. The van der Waals surface area contributed by atoms with Gasteiger partial charge in [0.1, 0.15) is 17.9 Å². The molecule has 1 unspecified atom stereocenters. The number of aliphatic carboxylic acids is 1. The average Bonchev–Trinajstić information content (AvgIpc) is 2.94. The van der Waals surface area contributed by atoms with E-state index in [1.54, 1.807) is 0 Å². The van der Waals surface area contributed by atoms with Crippen LogP contribution in [0.25, 0.3) is 11.2 Å². The molecule has 1 saturated carbocycles. The van der Waals surface area contributed by atoms with E-state index >= 15 is 0 Å². The van der Waals surface area contributed by atoms with E-state index in [0.29, 0.717) is 17.0 Å². The number of anilines is 1. The van der Waals surface area contributed by atoms with E-state index in [0.717, 1.165) is 25.7 Å². The van der Waals surface area contributed by atoms with Gasteiger partial charge in [-0.1, -0.05) is 19.3 Å². The Balaban J connectivity index is 1.85. The Bertz CT molecular complexity index is 606. The molecule has 0 bridgehead atoms. The van der Waals surface area contributed by atoms with Crippen LogP contribution in [0.4, 0.5) is 5.82 Å². The second-order valence-corrected chi connectivity index (χ2v) is 5.18. The average molecular weight is 275 g/mol. The number of nitrogens with one attached hydrogen (secondary N) is 2. The number of carbonyl (C=O) groups is 1. The van der Waals surface area contributed by atoms with E-state index in [9.17, 15) is 9.90 Å². The summed E-state index contributed by atoms with van der Waals surface area (Å²) < 4.78 is 0. The standard InChI is InChI=1S/C13H17N5O2/c19-13(20)9(8-4-2-1-3-5-8)18-12-10-11(15-6-14-10)16-7-17-12/h6-9H,1-5H2,(H,19,20)(H2,14,15,16,17,18). The Hall–Kier alpha value is -2.18. The molecule has 2 heterocycles. The van der Waals surface area contributed by atoms with Crippen molar-refractivity contribution >= 4 is 23.0 Å².